The molecule has 0 aromatic rings. The molecule has 4 rings (SSSR count). The molecule has 0 aromatic carbocycles. The zero-order valence-electron chi connectivity index (χ0n) is 36.0. The second kappa shape index (κ2) is 31.0. The molecule has 0 unspecified atom stereocenters. The molecule has 0 bridgehead atoms. The van der Waals surface area contributed by atoms with Gasteiger partial charge in [-0.3, -0.25) is 0 Å². The lowest BCUT2D eigenvalue weighted by Crippen LogP contribution is -2.25. The molecule has 58 heavy (non-hydrogen) atoms. The van der Waals surface area contributed by atoms with Crippen LogP contribution in [-0.2, 0) is 19.4 Å². The Balaban J connectivity index is 0. The largest absolute Gasteiger partial charge is 0.569 e. The normalized spacial score (nSPS) is 27.7. The highest BCUT2D eigenvalue weighted by Gasteiger charge is 2.23. The van der Waals surface area contributed by atoms with E-state index in [1.165, 1.54) is 58.6 Å². The summed E-state index contributed by atoms with van der Waals surface area (Å²) in [5.41, 5.74) is 0. The van der Waals surface area contributed by atoms with Crippen molar-refractivity contribution in [3.05, 3.63) is 20.8 Å². The molecule has 0 spiro atoms. The molecule has 0 saturated heterocycles. The van der Waals surface area contributed by atoms with Crippen molar-refractivity contribution in [2.75, 3.05) is 56.4 Å². The van der Waals surface area contributed by atoms with Gasteiger partial charge >= 0.3 is 0 Å². The maximum Gasteiger partial charge on any atom is 0.233 e. The van der Waals surface area contributed by atoms with Crippen LogP contribution in [0.15, 0.2) is 21.1 Å². The van der Waals surface area contributed by atoms with E-state index < -0.39 is 0 Å². The minimum absolute atomic E-state index is 0. The minimum Gasteiger partial charge on any atom is -0.569 e. The van der Waals surface area contributed by atoms with Gasteiger partial charge in [-0.15, -0.1) is 0 Å². The number of hydrazine groups is 4. The second-order valence-corrected chi connectivity index (χ2v) is 16.2. The fourth-order valence-electron chi connectivity index (χ4n) is 5.88. The third kappa shape index (κ3) is 26.1. The number of aliphatic hydroxyl groups is 1. The van der Waals surface area contributed by atoms with Crippen molar-refractivity contribution in [3.8, 4) is 0 Å². The van der Waals surface area contributed by atoms with Gasteiger partial charge in [-0.1, -0.05) is 35.6 Å². The van der Waals surface area contributed by atoms with Crippen LogP contribution in [0.5, 0.6) is 0 Å². The van der Waals surface area contributed by atoms with E-state index in [0.717, 1.165) is 82.0 Å². The van der Waals surface area contributed by atoms with Crippen LogP contribution >= 0.6 is 0 Å². The van der Waals surface area contributed by atoms with E-state index in [1.54, 1.807) is 56.4 Å². The summed E-state index contributed by atoms with van der Waals surface area (Å²) in [5, 5.41) is 72.3. The molecular formula is C37H82N12O9. The molecule has 0 amide bonds. The van der Waals surface area contributed by atoms with Crippen molar-refractivity contribution in [2.24, 2.45) is 38.9 Å². The van der Waals surface area contributed by atoms with Crippen molar-refractivity contribution in [2.45, 2.75) is 169 Å². The summed E-state index contributed by atoms with van der Waals surface area (Å²) in [6.07, 6.45) is 16.1. The van der Waals surface area contributed by atoms with Gasteiger partial charge in [-0.2, -0.15) is 20.0 Å². The topological polar surface area (TPSA) is 224 Å². The first-order valence-electron chi connectivity index (χ1n) is 20.1. The molecule has 4 aliphatic carbocycles. The average molecular weight is 839 g/mol. The number of aliphatic hydroxyl groups excluding tert-OH is 1. The molecule has 0 aliphatic heterocycles. The number of hydrogen-bond acceptors (Lipinski definition) is 13. The van der Waals surface area contributed by atoms with Gasteiger partial charge in [-0.25, -0.2) is 0 Å². The predicted molar refractivity (Wildman–Crippen MR) is 219 cm³/mol. The van der Waals surface area contributed by atoms with Crippen LogP contribution in [0.3, 0.4) is 0 Å². The van der Waals surface area contributed by atoms with E-state index in [-0.39, 0.29) is 45.4 Å². The maximum absolute atomic E-state index is 11.0. The van der Waals surface area contributed by atoms with Gasteiger partial charge in [-0.05, 0) is 120 Å². The van der Waals surface area contributed by atoms with E-state index in [9.17, 15) is 25.9 Å². The summed E-state index contributed by atoms with van der Waals surface area (Å²) < 4.78 is 0. The van der Waals surface area contributed by atoms with Crippen LogP contribution < -0.4 is 0 Å². The molecule has 0 radical (unpaired) electrons. The summed E-state index contributed by atoms with van der Waals surface area (Å²) in [4.78, 5) is 22.3. The average Bonchev–Trinajstić information content (AvgIpc) is 3.17. The molecule has 4 saturated carbocycles. The smallest absolute Gasteiger partial charge is 0.233 e. The van der Waals surface area contributed by atoms with Gasteiger partial charge in [0, 0.05) is 0 Å². The first kappa shape index (κ1) is 56.1. The molecule has 1 N–H and O–H groups in total. The number of hydrogen-bond donors (Lipinski definition) is 1. The van der Waals surface area contributed by atoms with Gasteiger partial charge < -0.3 is 45.3 Å². The fraction of sp³-hybridized carbons (Fsp3) is 1.00. The molecule has 21 heteroatoms. The van der Waals surface area contributed by atoms with Gasteiger partial charge in [0.1, 0.15) is 24.4 Å². The standard InChI is InChI=1S/3C9H19N3O2.C8H17N3O3.2CH4/c3*1-8-4-6-9(7-5-8)14-10-12(13)11(2)3;1-10(2)11(13)9-14-8-5-3-7(12)4-6-8;;/h3*8-9H,4-7H2,1-3H3;7-8,12H,3-6H2,1-2H3;2*1H4/b3*12-10-;11-9-;;. The van der Waals surface area contributed by atoms with Crippen LogP contribution in [0.25, 0.3) is 0 Å². The van der Waals surface area contributed by atoms with Gasteiger partial charge in [0.2, 0.25) is 21.1 Å². The lowest BCUT2D eigenvalue weighted by molar-refractivity contribution is -0.701. The van der Waals surface area contributed by atoms with Gasteiger partial charge in [0.05, 0.1) is 82.4 Å². The van der Waals surface area contributed by atoms with Crippen LogP contribution in [0.2, 0.25) is 0 Å². The molecule has 4 fully saturated rings. The zero-order chi connectivity index (χ0) is 42.2. The SMILES string of the molecule is C.C.CC1CCC(O/N=[N+](\[O-])N(C)C)CC1.CC1CCC(O/N=[N+](\[O-])N(C)C)CC1.CC1CCC(O/N=[N+](\[O-])N(C)C)CC1.CN(C)/[N+]([O-])=N/OC1CCC(O)CC1. The summed E-state index contributed by atoms with van der Waals surface area (Å²) >= 11 is 0. The van der Waals surface area contributed by atoms with Crippen molar-refractivity contribution in [1.29, 1.82) is 0 Å². The Labute approximate surface area is 348 Å². The molecule has 4 aliphatic rings. The highest BCUT2D eigenvalue weighted by Crippen LogP contribution is 2.27. The van der Waals surface area contributed by atoms with E-state index in [2.05, 4.69) is 41.9 Å². The third-order valence-electron chi connectivity index (χ3n) is 9.97. The van der Waals surface area contributed by atoms with E-state index >= 15 is 0 Å². The van der Waals surface area contributed by atoms with E-state index in [4.69, 9.17) is 19.4 Å². The molecule has 21 nitrogen and oxygen atoms in total. The van der Waals surface area contributed by atoms with Crippen molar-refractivity contribution in [3.63, 3.8) is 0 Å². The maximum atomic E-state index is 11.0. The van der Waals surface area contributed by atoms with Crippen LogP contribution in [0, 0.1) is 38.6 Å². The molecule has 344 valence electrons. The zero-order valence-corrected chi connectivity index (χ0v) is 36.0. The minimum atomic E-state index is -0.216. The highest BCUT2D eigenvalue weighted by molar-refractivity contribution is 4.71. The van der Waals surface area contributed by atoms with E-state index in [1.807, 2.05) is 0 Å². The summed E-state index contributed by atoms with van der Waals surface area (Å²) in [5.74, 6) is 2.35. The number of rotatable bonds is 12. The van der Waals surface area contributed by atoms with Crippen molar-refractivity contribution >= 4 is 0 Å². The Morgan fingerprint density at radius 3 is 0.724 bits per heavy atom. The highest BCUT2D eigenvalue weighted by atomic mass is 16.7. The second-order valence-electron chi connectivity index (χ2n) is 16.2. The van der Waals surface area contributed by atoms with Crippen LogP contribution in [0.4, 0.5) is 0 Å². The fourth-order valence-corrected chi connectivity index (χ4v) is 5.88. The molecular weight excluding hydrogens is 756 g/mol. The summed E-state index contributed by atoms with van der Waals surface area (Å²) in [6, 6.07) is 0. The Hall–Kier alpha value is -4.04. The Morgan fingerprint density at radius 2 is 0.552 bits per heavy atom. The lowest BCUT2D eigenvalue weighted by Gasteiger charge is -2.23. The van der Waals surface area contributed by atoms with Gasteiger partial charge in [0.25, 0.3) is 0 Å². The molecule has 0 heterocycles. The quantitative estimate of drug-likeness (QED) is 0.113. The summed E-state index contributed by atoms with van der Waals surface area (Å²) in [6.45, 7) is 6.73. The summed E-state index contributed by atoms with van der Waals surface area (Å²) in [7, 11) is 12.9. The van der Waals surface area contributed by atoms with Crippen molar-refractivity contribution < 1.29 is 44.3 Å². The monoisotopic (exact) mass is 839 g/mol. The van der Waals surface area contributed by atoms with Crippen LogP contribution in [-0.4, -0.2) is 132 Å². The molecule has 0 atom stereocenters. The van der Waals surface area contributed by atoms with Gasteiger partial charge in [0.15, 0.2) is 0 Å². The first-order chi connectivity index (χ1) is 26.4. The Bertz CT molecular complexity index is 972. The predicted octanol–water partition coefficient (Wildman–Crippen LogP) is 7.74. The van der Waals surface area contributed by atoms with Crippen LogP contribution in [0.1, 0.15) is 138 Å². The van der Waals surface area contributed by atoms with E-state index in [0.29, 0.717) is 19.9 Å². The first-order valence-corrected chi connectivity index (χ1v) is 20.1. The Kier molecular flexibility index (Phi) is 29.9. The third-order valence-corrected chi connectivity index (χ3v) is 9.97. The Morgan fingerprint density at radius 1 is 0.379 bits per heavy atom. The molecule has 0 aromatic heterocycles. The van der Waals surface area contributed by atoms with Crippen molar-refractivity contribution in [1.82, 2.24) is 20.0 Å². The number of nitrogens with zero attached hydrogens (tertiary/aromatic N) is 12. The lowest BCUT2D eigenvalue weighted by atomic mass is 9.89.